The van der Waals surface area contributed by atoms with Gasteiger partial charge in [-0.1, -0.05) is 25.3 Å². The standard InChI is InChI=1S/C20H18F4N4O.CH2O/c21-14-10-16-12(11-28(27-16)13-5-2-1-3-6-13)9-17(14)26-19(29)15-7-4-8-18(25-15)20(22,23)24;1-2/h4,7-11,13H,1-3,5-6H2,(H,26,29);1H2. The molecule has 1 N–H and O–H groups in total. The van der Waals surface area contributed by atoms with Gasteiger partial charge >= 0.3 is 6.18 Å². The highest BCUT2D eigenvalue weighted by Crippen LogP contribution is 2.31. The van der Waals surface area contributed by atoms with Gasteiger partial charge in [0.2, 0.25) is 0 Å². The number of carbonyl (C=O) groups is 2. The number of fused-ring (bicyclic) bond motifs is 1. The highest BCUT2D eigenvalue weighted by atomic mass is 19.4. The molecule has 1 aliphatic rings. The van der Waals surface area contributed by atoms with E-state index in [0.717, 1.165) is 43.9 Å². The minimum absolute atomic E-state index is 0.134. The van der Waals surface area contributed by atoms with Gasteiger partial charge in [0.05, 0.1) is 17.2 Å². The summed E-state index contributed by atoms with van der Waals surface area (Å²) in [5.74, 6) is -1.64. The van der Waals surface area contributed by atoms with E-state index in [9.17, 15) is 22.4 Å². The molecule has 0 spiro atoms. The highest BCUT2D eigenvalue weighted by Gasteiger charge is 2.33. The number of halogens is 4. The third kappa shape index (κ3) is 5.07. The predicted octanol–water partition coefficient (Wildman–Crippen LogP) is 5.16. The lowest BCUT2D eigenvalue weighted by Gasteiger charge is -2.21. The van der Waals surface area contributed by atoms with Gasteiger partial charge in [-0.3, -0.25) is 9.48 Å². The Morgan fingerprint density at radius 2 is 1.84 bits per heavy atom. The molecule has 0 radical (unpaired) electrons. The van der Waals surface area contributed by atoms with Crippen molar-refractivity contribution < 1.29 is 27.2 Å². The molecule has 1 saturated carbocycles. The van der Waals surface area contributed by atoms with Crippen molar-refractivity contribution in [3.05, 3.63) is 53.7 Å². The summed E-state index contributed by atoms with van der Waals surface area (Å²) in [5, 5.41) is 7.39. The van der Waals surface area contributed by atoms with E-state index >= 15 is 0 Å². The van der Waals surface area contributed by atoms with Gasteiger partial charge in [-0.15, -0.1) is 0 Å². The fourth-order valence-corrected chi connectivity index (χ4v) is 3.60. The molecule has 6 nitrogen and oxygen atoms in total. The maximum absolute atomic E-state index is 14.5. The summed E-state index contributed by atoms with van der Waals surface area (Å²) in [6.07, 6.45) is 2.62. The summed E-state index contributed by atoms with van der Waals surface area (Å²) in [6.45, 7) is 2.00. The molecule has 0 atom stereocenters. The van der Waals surface area contributed by atoms with Crippen molar-refractivity contribution >= 4 is 29.3 Å². The number of amides is 1. The Labute approximate surface area is 175 Å². The van der Waals surface area contributed by atoms with Gasteiger partial charge in [-0.2, -0.15) is 18.3 Å². The number of aromatic nitrogens is 3. The summed E-state index contributed by atoms with van der Waals surface area (Å²) in [7, 11) is 0. The van der Waals surface area contributed by atoms with Crippen LogP contribution in [-0.4, -0.2) is 27.5 Å². The second-order valence-corrected chi connectivity index (χ2v) is 7.15. The SMILES string of the molecule is C=O.O=C(Nc1cc2cn(C3CCCCC3)nc2cc1F)c1cccc(C(F)(F)F)n1. The average molecular weight is 436 g/mol. The molecular formula is C21H20F4N4O2. The first-order valence-electron chi connectivity index (χ1n) is 9.64. The van der Waals surface area contributed by atoms with Gasteiger partial charge in [-0.05, 0) is 31.0 Å². The van der Waals surface area contributed by atoms with Crippen LogP contribution < -0.4 is 5.32 Å². The lowest BCUT2D eigenvalue weighted by atomic mass is 9.96. The van der Waals surface area contributed by atoms with Crippen molar-refractivity contribution in [2.75, 3.05) is 5.32 Å². The highest BCUT2D eigenvalue weighted by molar-refractivity contribution is 6.03. The first-order valence-corrected chi connectivity index (χ1v) is 9.64. The molecule has 10 heteroatoms. The number of nitrogens with zero attached hydrogens (tertiary/aromatic N) is 3. The maximum Gasteiger partial charge on any atom is 0.433 e. The van der Waals surface area contributed by atoms with Crippen LogP contribution in [0, 0.1) is 5.82 Å². The number of nitrogens with one attached hydrogen (secondary N) is 1. The smallest absolute Gasteiger partial charge is 0.318 e. The lowest BCUT2D eigenvalue weighted by molar-refractivity contribution is -0.141. The number of pyridine rings is 1. The number of carbonyl (C=O) groups excluding carboxylic acids is 2. The van der Waals surface area contributed by atoms with Crippen molar-refractivity contribution in [3.8, 4) is 0 Å². The van der Waals surface area contributed by atoms with Crippen LogP contribution >= 0.6 is 0 Å². The van der Waals surface area contributed by atoms with Crippen LogP contribution in [0.15, 0.2) is 36.5 Å². The minimum atomic E-state index is -4.67. The summed E-state index contributed by atoms with van der Waals surface area (Å²) in [4.78, 5) is 23.6. The Morgan fingerprint density at radius 1 is 1.13 bits per heavy atom. The Balaban J connectivity index is 0.00000132. The van der Waals surface area contributed by atoms with E-state index in [-0.39, 0.29) is 11.7 Å². The van der Waals surface area contributed by atoms with Gasteiger partial charge in [0.1, 0.15) is 24.0 Å². The topological polar surface area (TPSA) is 76.9 Å². The Hall–Kier alpha value is -3.30. The molecule has 1 aromatic carbocycles. The number of hydrogen-bond acceptors (Lipinski definition) is 4. The Kier molecular flexibility index (Phi) is 6.67. The van der Waals surface area contributed by atoms with Gasteiger partial charge in [0, 0.05) is 17.6 Å². The van der Waals surface area contributed by atoms with Crippen LogP contribution in [0.3, 0.4) is 0 Å². The molecule has 1 amide bonds. The average Bonchev–Trinajstić information content (AvgIpc) is 3.18. The zero-order chi connectivity index (χ0) is 22.6. The molecule has 0 unspecified atom stereocenters. The van der Waals surface area contributed by atoms with E-state index in [0.29, 0.717) is 10.9 Å². The fourth-order valence-electron chi connectivity index (χ4n) is 3.60. The molecule has 4 rings (SSSR count). The number of alkyl halides is 3. The molecule has 2 heterocycles. The molecule has 1 aliphatic carbocycles. The van der Waals surface area contributed by atoms with Crippen molar-refractivity contribution in [2.24, 2.45) is 0 Å². The van der Waals surface area contributed by atoms with Crippen LogP contribution in [0.1, 0.15) is 54.3 Å². The monoisotopic (exact) mass is 436 g/mol. The predicted molar refractivity (Wildman–Crippen MR) is 106 cm³/mol. The number of rotatable bonds is 3. The van der Waals surface area contributed by atoms with Crippen LogP contribution in [-0.2, 0) is 11.0 Å². The van der Waals surface area contributed by atoms with Crippen molar-refractivity contribution in [2.45, 2.75) is 44.3 Å². The first-order chi connectivity index (χ1) is 14.8. The largest absolute Gasteiger partial charge is 0.433 e. The van der Waals surface area contributed by atoms with Crippen LogP contribution in [0.5, 0.6) is 0 Å². The Morgan fingerprint density at radius 3 is 2.52 bits per heavy atom. The lowest BCUT2D eigenvalue weighted by Crippen LogP contribution is -2.17. The van der Waals surface area contributed by atoms with E-state index in [1.165, 1.54) is 18.6 Å². The molecule has 3 aromatic rings. The van der Waals surface area contributed by atoms with E-state index in [4.69, 9.17) is 4.79 Å². The second-order valence-electron chi connectivity index (χ2n) is 7.15. The van der Waals surface area contributed by atoms with Gasteiger partial charge in [0.25, 0.3) is 5.91 Å². The van der Waals surface area contributed by atoms with Gasteiger partial charge in [-0.25, -0.2) is 9.37 Å². The summed E-state index contributed by atoms with van der Waals surface area (Å²) < 4.78 is 54.7. The Bertz CT molecular complexity index is 1070. The fraction of sp³-hybridized carbons (Fsp3) is 0.333. The van der Waals surface area contributed by atoms with Crippen LogP contribution in [0.25, 0.3) is 10.9 Å². The van der Waals surface area contributed by atoms with Crippen molar-refractivity contribution in [1.29, 1.82) is 0 Å². The molecule has 1 fully saturated rings. The molecule has 0 bridgehead atoms. The molecule has 164 valence electrons. The molecule has 0 aliphatic heterocycles. The summed E-state index contributed by atoms with van der Waals surface area (Å²) in [6, 6.07) is 5.90. The van der Waals surface area contributed by atoms with E-state index in [1.54, 1.807) is 0 Å². The minimum Gasteiger partial charge on any atom is -0.318 e. The molecule has 31 heavy (non-hydrogen) atoms. The second kappa shape index (κ2) is 9.23. The molecule has 2 aromatic heterocycles. The maximum atomic E-state index is 14.5. The number of benzene rings is 1. The van der Waals surface area contributed by atoms with Gasteiger partial charge < -0.3 is 10.1 Å². The summed E-state index contributed by atoms with van der Waals surface area (Å²) in [5.41, 5.74) is -1.31. The quantitative estimate of drug-likeness (QED) is 0.576. The third-order valence-corrected chi connectivity index (χ3v) is 5.08. The number of anilines is 1. The third-order valence-electron chi connectivity index (χ3n) is 5.08. The molecular weight excluding hydrogens is 416 g/mol. The van der Waals surface area contributed by atoms with Crippen molar-refractivity contribution in [1.82, 2.24) is 14.8 Å². The zero-order valence-electron chi connectivity index (χ0n) is 16.5. The normalized spacial score (nSPS) is 14.7. The molecule has 0 saturated heterocycles. The van der Waals surface area contributed by atoms with Crippen LogP contribution in [0.2, 0.25) is 0 Å². The van der Waals surface area contributed by atoms with Crippen LogP contribution in [0.4, 0.5) is 23.2 Å². The van der Waals surface area contributed by atoms with Gasteiger partial charge in [0.15, 0.2) is 0 Å². The first kappa shape index (κ1) is 22.4. The van der Waals surface area contributed by atoms with E-state index in [1.807, 2.05) is 17.7 Å². The summed E-state index contributed by atoms with van der Waals surface area (Å²) >= 11 is 0. The van der Waals surface area contributed by atoms with E-state index in [2.05, 4.69) is 15.4 Å². The number of hydrogen-bond donors (Lipinski definition) is 1. The zero-order valence-corrected chi connectivity index (χ0v) is 16.5. The van der Waals surface area contributed by atoms with Crippen molar-refractivity contribution in [3.63, 3.8) is 0 Å². The van der Waals surface area contributed by atoms with E-state index < -0.39 is 29.3 Å².